The minimum Gasteiger partial charge on any atom is -0.481 e. The Kier molecular flexibility index (Phi) is 4.77. The molecule has 0 radical (unpaired) electrons. The van der Waals surface area contributed by atoms with Gasteiger partial charge in [-0.05, 0) is 32.6 Å². The molecule has 1 N–H and O–H groups in total. The molecule has 1 aliphatic rings. The maximum Gasteiger partial charge on any atom is 0.305 e. The second-order valence-corrected chi connectivity index (χ2v) is 4.83. The minimum atomic E-state index is -0.845. The van der Waals surface area contributed by atoms with Crippen molar-refractivity contribution >= 4 is 11.9 Å². The molecular formula is C12H21NO3. The van der Waals surface area contributed by atoms with Crippen molar-refractivity contribution in [3.05, 3.63) is 0 Å². The number of aliphatic carboxylic acids is 1. The van der Waals surface area contributed by atoms with Crippen LogP contribution in [-0.4, -0.2) is 34.5 Å². The zero-order valence-corrected chi connectivity index (χ0v) is 10.1. The van der Waals surface area contributed by atoms with Gasteiger partial charge in [0.1, 0.15) is 0 Å². The SMILES string of the molecule is CC(C)N(CCC(=O)O)C(=O)CC1CCC1. The lowest BCUT2D eigenvalue weighted by Crippen LogP contribution is -2.39. The van der Waals surface area contributed by atoms with E-state index < -0.39 is 5.97 Å². The van der Waals surface area contributed by atoms with Gasteiger partial charge in [0, 0.05) is 19.0 Å². The second-order valence-electron chi connectivity index (χ2n) is 4.83. The summed E-state index contributed by atoms with van der Waals surface area (Å²) >= 11 is 0. The summed E-state index contributed by atoms with van der Waals surface area (Å²) in [5.41, 5.74) is 0. The number of amides is 1. The third kappa shape index (κ3) is 3.83. The molecule has 0 spiro atoms. The van der Waals surface area contributed by atoms with E-state index in [1.807, 2.05) is 13.8 Å². The predicted octanol–water partition coefficient (Wildman–Crippen LogP) is 1.89. The van der Waals surface area contributed by atoms with Crippen molar-refractivity contribution in [2.45, 2.75) is 52.0 Å². The first-order valence-electron chi connectivity index (χ1n) is 6.02. The molecule has 92 valence electrons. The van der Waals surface area contributed by atoms with Gasteiger partial charge in [0.2, 0.25) is 5.91 Å². The van der Waals surface area contributed by atoms with Gasteiger partial charge in [-0.2, -0.15) is 0 Å². The van der Waals surface area contributed by atoms with E-state index >= 15 is 0 Å². The molecule has 1 fully saturated rings. The van der Waals surface area contributed by atoms with Gasteiger partial charge in [-0.15, -0.1) is 0 Å². The molecule has 0 heterocycles. The van der Waals surface area contributed by atoms with Crippen LogP contribution in [0.3, 0.4) is 0 Å². The van der Waals surface area contributed by atoms with E-state index in [9.17, 15) is 9.59 Å². The van der Waals surface area contributed by atoms with Crippen LogP contribution in [-0.2, 0) is 9.59 Å². The van der Waals surface area contributed by atoms with E-state index in [2.05, 4.69) is 0 Å². The minimum absolute atomic E-state index is 0.0363. The number of nitrogens with zero attached hydrogens (tertiary/aromatic N) is 1. The molecule has 0 bridgehead atoms. The van der Waals surface area contributed by atoms with Crippen LogP contribution in [0.1, 0.15) is 46.0 Å². The summed E-state index contributed by atoms with van der Waals surface area (Å²) in [5, 5.41) is 8.63. The number of hydrogen-bond donors (Lipinski definition) is 1. The first-order chi connectivity index (χ1) is 7.50. The maximum absolute atomic E-state index is 11.9. The summed E-state index contributed by atoms with van der Waals surface area (Å²) in [7, 11) is 0. The number of carboxylic acids is 1. The van der Waals surface area contributed by atoms with Crippen LogP contribution in [0.25, 0.3) is 0 Å². The second kappa shape index (κ2) is 5.87. The molecule has 0 aromatic carbocycles. The quantitative estimate of drug-likeness (QED) is 0.753. The smallest absolute Gasteiger partial charge is 0.305 e. The van der Waals surface area contributed by atoms with Gasteiger partial charge in [0.05, 0.1) is 6.42 Å². The van der Waals surface area contributed by atoms with Crippen molar-refractivity contribution in [3.63, 3.8) is 0 Å². The molecule has 1 rings (SSSR count). The van der Waals surface area contributed by atoms with Crippen LogP contribution in [0.4, 0.5) is 0 Å². The van der Waals surface area contributed by atoms with E-state index in [1.165, 1.54) is 6.42 Å². The number of hydrogen-bond acceptors (Lipinski definition) is 2. The number of carbonyl (C=O) groups is 2. The summed E-state index contributed by atoms with van der Waals surface area (Å²) in [5.74, 6) is -0.193. The van der Waals surface area contributed by atoms with Crippen LogP contribution in [0.5, 0.6) is 0 Å². The summed E-state index contributed by atoms with van der Waals surface area (Å²) in [6.07, 6.45) is 4.16. The van der Waals surface area contributed by atoms with Gasteiger partial charge in [0.15, 0.2) is 0 Å². The molecule has 4 heteroatoms. The van der Waals surface area contributed by atoms with Crippen LogP contribution < -0.4 is 0 Å². The zero-order chi connectivity index (χ0) is 12.1. The Bertz CT molecular complexity index is 259. The standard InChI is InChI=1S/C12H21NO3/c1-9(2)13(7-6-12(15)16)11(14)8-10-4-3-5-10/h9-10H,3-8H2,1-2H3,(H,15,16). The van der Waals surface area contributed by atoms with Gasteiger partial charge < -0.3 is 10.0 Å². The average molecular weight is 227 g/mol. The first kappa shape index (κ1) is 13.0. The predicted molar refractivity (Wildman–Crippen MR) is 61.1 cm³/mol. The van der Waals surface area contributed by atoms with Crippen molar-refractivity contribution in [2.75, 3.05) is 6.54 Å². The van der Waals surface area contributed by atoms with Crippen LogP contribution >= 0.6 is 0 Å². The highest BCUT2D eigenvalue weighted by Gasteiger charge is 2.25. The Hall–Kier alpha value is -1.06. The monoisotopic (exact) mass is 227 g/mol. The van der Waals surface area contributed by atoms with E-state index in [0.29, 0.717) is 18.9 Å². The van der Waals surface area contributed by atoms with Gasteiger partial charge in [0.25, 0.3) is 0 Å². The van der Waals surface area contributed by atoms with Gasteiger partial charge in [-0.1, -0.05) is 6.42 Å². The highest BCUT2D eigenvalue weighted by molar-refractivity contribution is 5.77. The lowest BCUT2D eigenvalue weighted by molar-refractivity contribution is -0.139. The van der Waals surface area contributed by atoms with Crippen molar-refractivity contribution in [3.8, 4) is 0 Å². The molecule has 0 aromatic rings. The molecule has 4 nitrogen and oxygen atoms in total. The Balaban J connectivity index is 2.40. The largest absolute Gasteiger partial charge is 0.481 e. The van der Waals surface area contributed by atoms with Crippen LogP contribution in [0.15, 0.2) is 0 Å². The van der Waals surface area contributed by atoms with E-state index in [-0.39, 0.29) is 18.4 Å². The lowest BCUT2D eigenvalue weighted by Gasteiger charge is -2.31. The fraction of sp³-hybridized carbons (Fsp3) is 0.833. The maximum atomic E-state index is 11.9. The summed E-state index contributed by atoms with van der Waals surface area (Å²) in [4.78, 5) is 24.1. The van der Waals surface area contributed by atoms with Crippen molar-refractivity contribution in [2.24, 2.45) is 5.92 Å². The Morgan fingerprint density at radius 2 is 2.00 bits per heavy atom. The van der Waals surface area contributed by atoms with Crippen molar-refractivity contribution < 1.29 is 14.7 Å². The van der Waals surface area contributed by atoms with E-state index in [1.54, 1.807) is 4.90 Å². The molecule has 16 heavy (non-hydrogen) atoms. The van der Waals surface area contributed by atoms with Crippen LogP contribution in [0.2, 0.25) is 0 Å². The van der Waals surface area contributed by atoms with Crippen molar-refractivity contribution in [1.82, 2.24) is 4.90 Å². The van der Waals surface area contributed by atoms with E-state index in [0.717, 1.165) is 12.8 Å². The first-order valence-corrected chi connectivity index (χ1v) is 6.02. The molecule has 0 aliphatic heterocycles. The molecule has 1 saturated carbocycles. The Morgan fingerprint density at radius 3 is 2.38 bits per heavy atom. The molecule has 0 atom stereocenters. The van der Waals surface area contributed by atoms with Crippen molar-refractivity contribution in [1.29, 1.82) is 0 Å². The molecule has 0 aromatic heterocycles. The van der Waals surface area contributed by atoms with Gasteiger partial charge >= 0.3 is 5.97 Å². The fourth-order valence-electron chi connectivity index (χ4n) is 1.95. The summed E-state index contributed by atoms with van der Waals surface area (Å²) in [6, 6.07) is 0.0897. The molecule has 1 aliphatic carbocycles. The third-order valence-corrected chi connectivity index (χ3v) is 3.20. The van der Waals surface area contributed by atoms with Gasteiger partial charge in [-0.3, -0.25) is 9.59 Å². The molecule has 0 unspecified atom stereocenters. The summed E-state index contributed by atoms with van der Waals surface area (Å²) < 4.78 is 0. The molecule has 0 saturated heterocycles. The normalized spacial score (nSPS) is 15.9. The highest BCUT2D eigenvalue weighted by atomic mass is 16.4. The van der Waals surface area contributed by atoms with Gasteiger partial charge in [-0.25, -0.2) is 0 Å². The summed E-state index contributed by atoms with van der Waals surface area (Å²) in [6.45, 7) is 4.19. The zero-order valence-electron chi connectivity index (χ0n) is 10.1. The van der Waals surface area contributed by atoms with Crippen LogP contribution in [0, 0.1) is 5.92 Å². The molecule has 1 amide bonds. The Labute approximate surface area is 96.6 Å². The topological polar surface area (TPSA) is 57.6 Å². The third-order valence-electron chi connectivity index (χ3n) is 3.20. The highest BCUT2D eigenvalue weighted by Crippen LogP contribution is 2.30. The molecular weight excluding hydrogens is 206 g/mol. The number of carbonyl (C=O) groups excluding carboxylic acids is 1. The van der Waals surface area contributed by atoms with E-state index in [4.69, 9.17) is 5.11 Å². The lowest BCUT2D eigenvalue weighted by atomic mass is 9.82. The number of rotatable bonds is 6. The fourth-order valence-corrected chi connectivity index (χ4v) is 1.95. The Morgan fingerprint density at radius 1 is 1.38 bits per heavy atom. The average Bonchev–Trinajstić information content (AvgIpc) is 2.10. The number of carboxylic acid groups (broad SMARTS) is 1.